The summed E-state index contributed by atoms with van der Waals surface area (Å²) in [7, 11) is 0. The van der Waals surface area contributed by atoms with Gasteiger partial charge < -0.3 is 10.6 Å². The van der Waals surface area contributed by atoms with Crippen LogP contribution in [0.1, 0.15) is 49.0 Å². The van der Waals surface area contributed by atoms with E-state index in [1.807, 2.05) is 24.3 Å². The molecule has 6 heteroatoms. The molecule has 2 N–H and O–H groups in total. The molecule has 2 saturated carbocycles. The van der Waals surface area contributed by atoms with Crippen molar-refractivity contribution >= 4 is 22.8 Å². The molecule has 2 aromatic rings. The van der Waals surface area contributed by atoms with Gasteiger partial charge in [0, 0.05) is 6.54 Å². The van der Waals surface area contributed by atoms with Gasteiger partial charge in [0.05, 0.1) is 17.2 Å². The summed E-state index contributed by atoms with van der Waals surface area (Å²) in [6.07, 6.45) is 7.09. The van der Waals surface area contributed by atoms with Gasteiger partial charge in [-0.05, 0) is 43.7 Å². The number of carbonyl (C=O) groups is 2. The summed E-state index contributed by atoms with van der Waals surface area (Å²) in [4.78, 5) is 34.1. The molecule has 6 nitrogen and oxygen atoms in total. The summed E-state index contributed by atoms with van der Waals surface area (Å²) in [5.74, 6) is 0.227. The smallest absolute Gasteiger partial charge is 0.272 e. The van der Waals surface area contributed by atoms with Crippen LogP contribution in [0.5, 0.6) is 0 Å². The van der Waals surface area contributed by atoms with Gasteiger partial charge in [-0.15, -0.1) is 0 Å². The fourth-order valence-electron chi connectivity index (χ4n) is 3.46. The number of hydrogen-bond donors (Lipinski definition) is 2. The van der Waals surface area contributed by atoms with E-state index in [0.717, 1.165) is 18.4 Å². The highest BCUT2D eigenvalue weighted by atomic mass is 16.2. The molecule has 1 aromatic heterocycles. The largest absolute Gasteiger partial charge is 0.354 e. The molecule has 0 spiro atoms. The second-order valence-corrected chi connectivity index (χ2v) is 7.14. The molecule has 2 aliphatic rings. The highest BCUT2D eigenvalue weighted by Crippen LogP contribution is 2.32. The predicted molar refractivity (Wildman–Crippen MR) is 93.9 cm³/mol. The molecule has 2 amide bonds. The van der Waals surface area contributed by atoms with Crippen molar-refractivity contribution in [1.29, 1.82) is 0 Å². The van der Waals surface area contributed by atoms with Crippen LogP contribution in [0.2, 0.25) is 0 Å². The Kier molecular flexibility index (Phi) is 4.11. The maximum atomic E-state index is 12.7. The zero-order chi connectivity index (χ0) is 17.3. The third-order valence-electron chi connectivity index (χ3n) is 5.17. The molecule has 0 atom stereocenters. The SMILES string of the molecule is O=C(NC1(C(=O)NCC2CC2)CCCC1)c1cnc2ccccc2n1. The Morgan fingerprint density at radius 2 is 1.84 bits per heavy atom. The van der Waals surface area contributed by atoms with Gasteiger partial charge in [-0.25, -0.2) is 4.98 Å². The van der Waals surface area contributed by atoms with E-state index in [-0.39, 0.29) is 17.5 Å². The van der Waals surface area contributed by atoms with E-state index in [2.05, 4.69) is 20.6 Å². The number of aromatic nitrogens is 2. The van der Waals surface area contributed by atoms with E-state index in [1.54, 1.807) is 0 Å². The minimum Gasteiger partial charge on any atom is -0.354 e. The van der Waals surface area contributed by atoms with E-state index >= 15 is 0 Å². The van der Waals surface area contributed by atoms with Gasteiger partial charge >= 0.3 is 0 Å². The topological polar surface area (TPSA) is 84.0 Å². The average Bonchev–Trinajstić information content (AvgIpc) is 3.36. The van der Waals surface area contributed by atoms with Crippen molar-refractivity contribution in [2.45, 2.75) is 44.1 Å². The van der Waals surface area contributed by atoms with Crippen LogP contribution >= 0.6 is 0 Å². The van der Waals surface area contributed by atoms with Crippen molar-refractivity contribution in [3.8, 4) is 0 Å². The van der Waals surface area contributed by atoms with Gasteiger partial charge in [0.25, 0.3) is 5.91 Å². The van der Waals surface area contributed by atoms with Gasteiger partial charge in [-0.2, -0.15) is 0 Å². The van der Waals surface area contributed by atoms with Crippen LogP contribution in [0.4, 0.5) is 0 Å². The first-order valence-electron chi connectivity index (χ1n) is 8.99. The molecule has 130 valence electrons. The number of hydrogen-bond acceptors (Lipinski definition) is 4. The van der Waals surface area contributed by atoms with Crippen molar-refractivity contribution in [3.05, 3.63) is 36.2 Å². The van der Waals surface area contributed by atoms with E-state index in [0.29, 0.717) is 30.8 Å². The molecule has 0 unspecified atom stereocenters. The Hall–Kier alpha value is -2.50. The van der Waals surface area contributed by atoms with Crippen LogP contribution in [0, 0.1) is 5.92 Å². The molecular formula is C19H22N4O2. The summed E-state index contributed by atoms with van der Waals surface area (Å²) in [5, 5.41) is 5.99. The molecule has 1 heterocycles. The number of rotatable bonds is 5. The standard InChI is InChI=1S/C19H22N4O2/c24-17(16-12-20-14-5-1-2-6-15(14)22-16)23-19(9-3-4-10-19)18(25)21-11-13-7-8-13/h1-2,5-6,12-13H,3-4,7-11H2,(H,21,25)(H,23,24). The highest BCUT2D eigenvalue weighted by molar-refractivity contribution is 5.99. The Labute approximate surface area is 146 Å². The molecule has 2 fully saturated rings. The number of para-hydroxylation sites is 2. The molecule has 0 aliphatic heterocycles. The number of fused-ring (bicyclic) bond motifs is 1. The van der Waals surface area contributed by atoms with E-state index in [1.165, 1.54) is 19.0 Å². The molecule has 0 radical (unpaired) electrons. The summed E-state index contributed by atoms with van der Waals surface area (Å²) >= 11 is 0. The average molecular weight is 338 g/mol. The van der Waals surface area contributed by atoms with E-state index < -0.39 is 5.54 Å². The van der Waals surface area contributed by atoms with Crippen LogP contribution in [-0.2, 0) is 4.79 Å². The maximum Gasteiger partial charge on any atom is 0.272 e. The number of nitrogens with zero attached hydrogens (tertiary/aromatic N) is 2. The fourth-order valence-corrected chi connectivity index (χ4v) is 3.46. The summed E-state index contributed by atoms with van der Waals surface area (Å²) in [6, 6.07) is 7.43. The molecule has 4 rings (SSSR count). The molecular weight excluding hydrogens is 316 g/mol. The van der Waals surface area contributed by atoms with Gasteiger partial charge in [-0.1, -0.05) is 25.0 Å². The lowest BCUT2D eigenvalue weighted by molar-refractivity contribution is -0.127. The number of amides is 2. The van der Waals surface area contributed by atoms with Crippen molar-refractivity contribution in [1.82, 2.24) is 20.6 Å². The van der Waals surface area contributed by atoms with Crippen LogP contribution in [0.3, 0.4) is 0 Å². The molecule has 25 heavy (non-hydrogen) atoms. The number of carbonyl (C=O) groups excluding carboxylic acids is 2. The first-order chi connectivity index (χ1) is 12.2. The van der Waals surface area contributed by atoms with E-state index in [9.17, 15) is 9.59 Å². The summed E-state index contributed by atoms with van der Waals surface area (Å²) in [6.45, 7) is 0.715. The highest BCUT2D eigenvalue weighted by Gasteiger charge is 2.43. The normalized spacial score (nSPS) is 18.9. The van der Waals surface area contributed by atoms with Crippen molar-refractivity contribution in [2.24, 2.45) is 5.92 Å². The Bertz CT molecular complexity index is 810. The van der Waals surface area contributed by atoms with Crippen molar-refractivity contribution in [2.75, 3.05) is 6.54 Å². The Morgan fingerprint density at radius 3 is 2.56 bits per heavy atom. The zero-order valence-electron chi connectivity index (χ0n) is 14.1. The van der Waals surface area contributed by atoms with Crippen molar-refractivity contribution in [3.63, 3.8) is 0 Å². The van der Waals surface area contributed by atoms with Crippen molar-refractivity contribution < 1.29 is 9.59 Å². The quantitative estimate of drug-likeness (QED) is 0.875. The van der Waals surface area contributed by atoms with Gasteiger partial charge in [0.15, 0.2) is 0 Å². The molecule has 0 saturated heterocycles. The monoisotopic (exact) mass is 338 g/mol. The van der Waals surface area contributed by atoms with Gasteiger partial charge in [0.1, 0.15) is 11.2 Å². The van der Waals surface area contributed by atoms with Crippen LogP contribution < -0.4 is 10.6 Å². The first kappa shape index (κ1) is 16.0. The first-order valence-corrected chi connectivity index (χ1v) is 8.99. The molecule has 1 aromatic carbocycles. The molecule has 2 aliphatic carbocycles. The minimum atomic E-state index is -0.806. The van der Waals surface area contributed by atoms with Gasteiger partial charge in [-0.3, -0.25) is 14.6 Å². The zero-order valence-corrected chi connectivity index (χ0v) is 14.1. The summed E-state index contributed by atoms with van der Waals surface area (Å²) in [5.41, 5.74) is 0.866. The Balaban J connectivity index is 1.52. The number of benzene rings is 1. The van der Waals surface area contributed by atoms with E-state index in [4.69, 9.17) is 0 Å². The maximum absolute atomic E-state index is 12.7. The third kappa shape index (κ3) is 3.34. The van der Waals surface area contributed by atoms with Crippen LogP contribution in [-0.4, -0.2) is 33.9 Å². The fraction of sp³-hybridized carbons (Fsp3) is 0.474. The second-order valence-electron chi connectivity index (χ2n) is 7.14. The third-order valence-corrected chi connectivity index (χ3v) is 5.17. The lowest BCUT2D eigenvalue weighted by atomic mass is 9.95. The van der Waals surface area contributed by atoms with Crippen LogP contribution in [0.15, 0.2) is 30.5 Å². The molecule has 0 bridgehead atoms. The van der Waals surface area contributed by atoms with Crippen LogP contribution in [0.25, 0.3) is 11.0 Å². The Morgan fingerprint density at radius 1 is 1.12 bits per heavy atom. The number of nitrogens with one attached hydrogen (secondary N) is 2. The lowest BCUT2D eigenvalue weighted by Gasteiger charge is -2.29. The predicted octanol–water partition coefficient (Wildman–Crippen LogP) is 2.20. The van der Waals surface area contributed by atoms with Gasteiger partial charge in [0.2, 0.25) is 5.91 Å². The summed E-state index contributed by atoms with van der Waals surface area (Å²) < 4.78 is 0. The minimum absolute atomic E-state index is 0.0565. The lowest BCUT2D eigenvalue weighted by Crippen LogP contribution is -2.57. The second kappa shape index (κ2) is 6.43.